The Bertz CT molecular complexity index is 795. The van der Waals surface area contributed by atoms with Gasteiger partial charge in [0.05, 0.1) is 18.9 Å². The van der Waals surface area contributed by atoms with Gasteiger partial charge in [0.15, 0.2) is 0 Å². The number of aliphatic hydroxyl groups is 1. The number of rotatable bonds is 8. The first kappa shape index (κ1) is 19.9. The Labute approximate surface area is 152 Å². The van der Waals surface area contributed by atoms with Crippen LogP contribution in [-0.2, 0) is 25.6 Å². The topological polar surface area (TPSA) is 102 Å². The summed E-state index contributed by atoms with van der Waals surface area (Å²) in [4.78, 5) is 12.0. The van der Waals surface area contributed by atoms with Gasteiger partial charge in [-0.05, 0) is 11.1 Å². The molecule has 0 spiro atoms. The molecule has 0 fully saturated rings. The van der Waals surface area contributed by atoms with Gasteiger partial charge in [-0.3, -0.25) is 4.18 Å². The minimum atomic E-state index is -3.73. The number of carbonyl (C=O) groups is 1. The first-order valence-corrected chi connectivity index (χ1v) is 9.71. The van der Waals surface area contributed by atoms with Crippen LogP contribution >= 0.6 is 0 Å². The number of amides is 1. The highest BCUT2D eigenvalue weighted by atomic mass is 32.2. The maximum absolute atomic E-state index is 12.0. The van der Waals surface area contributed by atoms with Crippen molar-refractivity contribution in [1.82, 2.24) is 5.32 Å². The molecule has 2 aromatic rings. The standard InChI is InChI=1S/C18H21NO6S/c1-26(22,23)25-13-16(17(20)15-10-6-3-7-11-15)19-18(21)24-12-14-8-4-2-5-9-14/h2-11,16-17,20H,12-13H2,1H3,(H,19,21)/t16-,17-/m1/s1. The van der Waals surface area contributed by atoms with Crippen LogP contribution in [0.3, 0.4) is 0 Å². The fraction of sp³-hybridized carbons (Fsp3) is 0.278. The smallest absolute Gasteiger partial charge is 0.407 e. The molecule has 0 saturated heterocycles. The fourth-order valence-corrected chi connectivity index (χ4v) is 2.60. The summed E-state index contributed by atoms with van der Waals surface area (Å²) in [6.45, 7) is -0.372. The quantitative estimate of drug-likeness (QED) is 0.680. The molecule has 26 heavy (non-hydrogen) atoms. The average Bonchev–Trinajstić information content (AvgIpc) is 2.63. The van der Waals surface area contributed by atoms with E-state index < -0.39 is 35.0 Å². The zero-order chi connectivity index (χ0) is 19.0. The molecule has 2 atom stereocenters. The lowest BCUT2D eigenvalue weighted by molar-refractivity contribution is 0.0829. The lowest BCUT2D eigenvalue weighted by Gasteiger charge is -2.23. The van der Waals surface area contributed by atoms with Crippen molar-refractivity contribution in [1.29, 1.82) is 0 Å². The van der Waals surface area contributed by atoms with Crippen molar-refractivity contribution in [2.45, 2.75) is 18.8 Å². The van der Waals surface area contributed by atoms with Crippen molar-refractivity contribution >= 4 is 16.2 Å². The zero-order valence-electron chi connectivity index (χ0n) is 14.2. The van der Waals surface area contributed by atoms with Crippen LogP contribution in [0.1, 0.15) is 17.2 Å². The summed E-state index contributed by atoms with van der Waals surface area (Å²) in [6.07, 6.45) is -1.06. The minimum absolute atomic E-state index is 0.0494. The molecule has 140 valence electrons. The van der Waals surface area contributed by atoms with E-state index in [9.17, 15) is 18.3 Å². The highest BCUT2D eigenvalue weighted by molar-refractivity contribution is 7.85. The number of hydrogen-bond acceptors (Lipinski definition) is 6. The molecule has 0 aliphatic carbocycles. The summed E-state index contributed by atoms with van der Waals surface area (Å²) in [5, 5.41) is 12.9. The summed E-state index contributed by atoms with van der Waals surface area (Å²) in [7, 11) is -3.73. The van der Waals surface area contributed by atoms with Crippen LogP contribution in [0.25, 0.3) is 0 Å². The van der Waals surface area contributed by atoms with Crippen LogP contribution in [0.4, 0.5) is 4.79 Å². The van der Waals surface area contributed by atoms with Crippen LogP contribution in [0.15, 0.2) is 60.7 Å². The molecule has 0 heterocycles. The van der Waals surface area contributed by atoms with Crippen molar-refractivity contribution in [2.24, 2.45) is 0 Å². The molecule has 0 bridgehead atoms. The summed E-state index contributed by atoms with van der Waals surface area (Å²) < 4.78 is 32.3. The van der Waals surface area contributed by atoms with Gasteiger partial charge >= 0.3 is 6.09 Å². The molecule has 8 heteroatoms. The van der Waals surface area contributed by atoms with Gasteiger partial charge in [-0.1, -0.05) is 60.7 Å². The molecule has 0 unspecified atom stereocenters. The van der Waals surface area contributed by atoms with E-state index in [0.717, 1.165) is 11.8 Å². The number of nitrogens with one attached hydrogen (secondary N) is 1. The van der Waals surface area contributed by atoms with E-state index in [1.807, 2.05) is 18.2 Å². The first-order valence-electron chi connectivity index (χ1n) is 7.90. The van der Waals surface area contributed by atoms with Gasteiger partial charge in [-0.15, -0.1) is 0 Å². The van der Waals surface area contributed by atoms with Gasteiger partial charge in [-0.2, -0.15) is 8.42 Å². The Morgan fingerprint density at radius 2 is 1.65 bits per heavy atom. The molecule has 0 aliphatic rings. The van der Waals surface area contributed by atoms with Crippen LogP contribution < -0.4 is 5.32 Å². The van der Waals surface area contributed by atoms with E-state index in [0.29, 0.717) is 5.56 Å². The predicted molar refractivity (Wildman–Crippen MR) is 95.7 cm³/mol. The summed E-state index contributed by atoms with van der Waals surface area (Å²) in [6, 6.07) is 16.6. The van der Waals surface area contributed by atoms with Crippen LogP contribution in [-0.4, -0.2) is 38.5 Å². The number of hydrogen-bond donors (Lipinski definition) is 2. The maximum Gasteiger partial charge on any atom is 0.407 e. The molecule has 2 rings (SSSR count). The van der Waals surface area contributed by atoms with Crippen molar-refractivity contribution in [2.75, 3.05) is 12.9 Å². The molecule has 7 nitrogen and oxygen atoms in total. The van der Waals surface area contributed by atoms with E-state index in [1.165, 1.54) is 0 Å². The second-order valence-electron chi connectivity index (χ2n) is 5.66. The highest BCUT2D eigenvalue weighted by Crippen LogP contribution is 2.17. The molecular formula is C18H21NO6S. The van der Waals surface area contributed by atoms with Crippen molar-refractivity contribution in [3.8, 4) is 0 Å². The van der Waals surface area contributed by atoms with Gasteiger partial charge in [0.1, 0.15) is 12.7 Å². The van der Waals surface area contributed by atoms with Crippen LogP contribution in [0.2, 0.25) is 0 Å². The summed E-state index contributed by atoms with van der Waals surface area (Å²) >= 11 is 0. The minimum Gasteiger partial charge on any atom is -0.445 e. The molecule has 0 aromatic heterocycles. The predicted octanol–water partition coefficient (Wildman–Crippen LogP) is 1.99. The van der Waals surface area contributed by atoms with Gasteiger partial charge in [0.25, 0.3) is 10.1 Å². The first-order chi connectivity index (χ1) is 12.3. The zero-order valence-corrected chi connectivity index (χ0v) is 15.1. The Hall–Kier alpha value is -2.42. The lowest BCUT2D eigenvalue weighted by Crippen LogP contribution is -2.43. The number of benzene rings is 2. The number of aliphatic hydroxyl groups excluding tert-OH is 1. The van der Waals surface area contributed by atoms with E-state index in [4.69, 9.17) is 8.92 Å². The Morgan fingerprint density at radius 1 is 1.08 bits per heavy atom. The van der Waals surface area contributed by atoms with Gasteiger partial charge in [0, 0.05) is 0 Å². The largest absolute Gasteiger partial charge is 0.445 e. The van der Waals surface area contributed by atoms with Crippen molar-refractivity contribution in [3.63, 3.8) is 0 Å². The highest BCUT2D eigenvalue weighted by Gasteiger charge is 2.25. The average molecular weight is 379 g/mol. The third kappa shape index (κ3) is 6.83. The molecule has 2 N–H and O–H groups in total. The maximum atomic E-state index is 12.0. The molecule has 0 saturated carbocycles. The molecule has 2 aromatic carbocycles. The SMILES string of the molecule is CS(=O)(=O)OC[C@@H](NC(=O)OCc1ccccc1)[C@H](O)c1ccccc1. The van der Waals surface area contributed by atoms with Gasteiger partial charge in [-0.25, -0.2) is 4.79 Å². The lowest BCUT2D eigenvalue weighted by atomic mass is 10.0. The van der Waals surface area contributed by atoms with E-state index >= 15 is 0 Å². The Morgan fingerprint density at radius 3 is 2.23 bits per heavy atom. The second-order valence-corrected chi connectivity index (χ2v) is 7.30. The Kier molecular flexibility index (Phi) is 7.14. The fourth-order valence-electron chi connectivity index (χ4n) is 2.21. The normalized spacial score (nSPS) is 13.6. The molecule has 0 aliphatic heterocycles. The summed E-state index contributed by atoms with van der Waals surface area (Å²) in [5.41, 5.74) is 1.31. The number of alkyl carbamates (subject to hydrolysis) is 1. The monoisotopic (exact) mass is 379 g/mol. The van der Waals surface area contributed by atoms with Gasteiger partial charge < -0.3 is 15.2 Å². The van der Waals surface area contributed by atoms with Gasteiger partial charge in [0.2, 0.25) is 0 Å². The van der Waals surface area contributed by atoms with Crippen LogP contribution in [0.5, 0.6) is 0 Å². The third-order valence-corrected chi connectivity index (χ3v) is 4.06. The second kappa shape index (κ2) is 9.33. The molecular weight excluding hydrogens is 358 g/mol. The number of carbonyl (C=O) groups excluding carboxylic acids is 1. The third-order valence-electron chi connectivity index (χ3n) is 3.50. The van der Waals surface area contributed by atoms with E-state index in [1.54, 1.807) is 42.5 Å². The molecule has 0 radical (unpaired) electrons. The van der Waals surface area contributed by atoms with Crippen molar-refractivity contribution < 1.29 is 27.2 Å². The van der Waals surface area contributed by atoms with Crippen molar-refractivity contribution in [3.05, 3.63) is 71.8 Å². The van der Waals surface area contributed by atoms with E-state index in [-0.39, 0.29) is 6.61 Å². The Balaban J connectivity index is 2.01. The van der Waals surface area contributed by atoms with Crippen LogP contribution in [0, 0.1) is 0 Å². The number of ether oxygens (including phenoxy) is 1. The molecule has 1 amide bonds. The van der Waals surface area contributed by atoms with E-state index in [2.05, 4.69) is 5.32 Å². The summed E-state index contributed by atoms with van der Waals surface area (Å²) in [5.74, 6) is 0.